The second kappa shape index (κ2) is 6.61. The number of likely N-dealkylation sites (tertiary alicyclic amines) is 1. The SMILES string of the molecule is Cc1ccc(C(=O)N2CCO[C@]3(CCCN(C)C3)C2)cc1C(F)(F)F. The van der Waals surface area contributed by atoms with E-state index in [1.54, 1.807) is 4.90 Å². The minimum atomic E-state index is -4.46. The van der Waals surface area contributed by atoms with E-state index < -0.39 is 17.3 Å². The van der Waals surface area contributed by atoms with Crippen LogP contribution in [-0.4, -0.2) is 61.1 Å². The highest BCUT2D eigenvalue weighted by atomic mass is 19.4. The average Bonchev–Trinajstić information content (AvgIpc) is 2.53. The molecule has 1 atom stereocenters. The standard InChI is InChI=1S/C18H23F3N2O2/c1-13-4-5-14(10-15(13)18(19,20)21)16(24)23-8-9-25-17(12-23)6-3-7-22(2)11-17/h4-5,10H,3,6-9,11-12H2,1-2H3/t17-/m0/s1. The number of morpholine rings is 1. The first-order valence-electron chi connectivity index (χ1n) is 8.50. The molecule has 0 aliphatic carbocycles. The van der Waals surface area contributed by atoms with Gasteiger partial charge in [-0.1, -0.05) is 6.07 Å². The number of piperidine rings is 1. The maximum absolute atomic E-state index is 13.1. The van der Waals surface area contributed by atoms with Crippen molar-refractivity contribution in [3.05, 3.63) is 34.9 Å². The van der Waals surface area contributed by atoms with Gasteiger partial charge in [0.05, 0.1) is 24.3 Å². The first-order chi connectivity index (χ1) is 11.7. The van der Waals surface area contributed by atoms with E-state index in [2.05, 4.69) is 4.90 Å². The molecular weight excluding hydrogens is 333 g/mol. The van der Waals surface area contributed by atoms with E-state index in [4.69, 9.17) is 4.74 Å². The van der Waals surface area contributed by atoms with Crippen molar-refractivity contribution in [3.63, 3.8) is 0 Å². The van der Waals surface area contributed by atoms with Crippen molar-refractivity contribution in [2.45, 2.75) is 31.5 Å². The molecule has 0 bridgehead atoms. The molecule has 0 N–H and O–H groups in total. The zero-order valence-electron chi connectivity index (χ0n) is 14.5. The van der Waals surface area contributed by atoms with Gasteiger partial charge in [0.1, 0.15) is 0 Å². The summed E-state index contributed by atoms with van der Waals surface area (Å²) in [6.07, 6.45) is -2.61. The molecule has 2 aliphatic rings. The van der Waals surface area contributed by atoms with Gasteiger partial charge < -0.3 is 14.5 Å². The molecule has 3 rings (SSSR count). The Hall–Kier alpha value is -1.60. The molecule has 7 heteroatoms. The summed E-state index contributed by atoms with van der Waals surface area (Å²) in [6.45, 7) is 4.37. The number of hydrogen-bond donors (Lipinski definition) is 0. The van der Waals surface area contributed by atoms with E-state index in [1.807, 2.05) is 7.05 Å². The molecule has 0 saturated carbocycles. The molecule has 25 heavy (non-hydrogen) atoms. The number of halogens is 3. The number of nitrogens with zero attached hydrogens (tertiary/aromatic N) is 2. The van der Waals surface area contributed by atoms with Gasteiger partial charge in [-0.2, -0.15) is 13.2 Å². The number of carbonyl (C=O) groups excluding carboxylic acids is 1. The van der Waals surface area contributed by atoms with Gasteiger partial charge in [0.15, 0.2) is 0 Å². The smallest absolute Gasteiger partial charge is 0.370 e. The molecule has 0 unspecified atom stereocenters. The molecule has 1 amide bonds. The first kappa shape index (κ1) is 18.2. The van der Waals surface area contributed by atoms with Crippen molar-refractivity contribution in [2.75, 3.05) is 39.8 Å². The highest BCUT2D eigenvalue weighted by Crippen LogP contribution is 2.33. The summed E-state index contributed by atoms with van der Waals surface area (Å²) in [7, 11) is 2.01. The Bertz CT molecular complexity index is 658. The Balaban J connectivity index is 1.81. The van der Waals surface area contributed by atoms with Crippen LogP contribution >= 0.6 is 0 Å². The van der Waals surface area contributed by atoms with Gasteiger partial charge in [0.25, 0.3) is 5.91 Å². The average molecular weight is 356 g/mol. The van der Waals surface area contributed by atoms with Gasteiger partial charge in [-0.05, 0) is 51.1 Å². The maximum Gasteiger partial charge on any atom is 0.416 e. The highest BCUT2D eigenvalue weighted by Gasteiger charge is 2.41. The summed E-state index contributed by atoms with van der Waals surface area (Å²) in [5, 5.41) is 0. The van der Waals surface area contributed by atoms with Crippen LogP contribution < -0.4 is 0 Å². The lowest BCUT2D eigenvalue weighted by molar-refractivity contribution is -0.138. The van der Waals surface area contributed by atoms with Crippen LogP contribution in [0.25, 0.3) is 0 Å². The Morgan fingerprint density at radius 3 is 2.68 bits per heavy atom. The molecule has 1 spiro atoms. The van der Waals surface area contributed by atoms with Gasteiger partial charge in [-0.3, -0.25) is 4.79 Å². The lowest BCUT2D eigenvalue weighted by Gasteiger charge is -2.47. The predicted molar refractivity (Wildman–Crippen MR) is 87.5 cm³/mol. The Morgan fingerprint density at radius 1 is 1.24 bits per heavy atom. The fourth-order valence-corrected chi connectivity index (χ4v) is 3.83. The summed E-state index contributed by atoms with van der Waals surface area (Å²) >= 11 is 0. The van der Waals surface area contributed by atoms with E-state index in [0.717, 1.165) is 32.0 Å². The Morgan fingerprint density at radius 2 is 2.00 bits per heavy atom. The number of carbonyl (C=O) groups is 1. The van der Waals surface area contributed by atoms with Crippen LogP contribution in [-0.2, 0) is 10.9 Å². The summed E-state index contributed by atoms with van der Waals surface area (Å²) < 4.78 is 45.3. The number of alkyl halides is 3. The van der Waals surface area contributed by atoms with Gasteiger partial charge in [-0.25, -0.2) is 0 Å². The van der Waals surface area contributed by atoms with Crippen LogP contribution in [0.4, 0.5) is 13.2 Å². The molecule has 1 aromatic carbocycles. The second-order valence-corrected chi connectivity index (χ2v) is 7.13. The second-order valence-electron chi connectivity index (χ2n) is 7.13. The van der Waals surface area contributed by atoms with Crippen LogP contribution in [0.3, 0.4) is 0 Å². The predicted octanol–water partition coefficient (Wildman–Crippen LogP) is 2.95. The third-order valence-electron chi connectivity index (χ3n) is 5.06. The van der Waals surface area contributed by atoms with Gasteiger partial charge in [0.2, 0.25) is 0 Å². The van der Waals surface area contributed by atoms with Crippen molar-refractivity contribution in [1.82, 2.24) is 9.80 Å². The van der Waals surface area contributed by atoms with Gasteiger partial charge >= 0.3 is 6.18 Å². The lowest BCUT2D eigenvalue weighted by Crippen LogP contribution is -2.60. The number of rotatable bonds is 1. The first-order valence-corrected chi connectivity index (χ1v) is 8.50. The normalized spacial score (nSPS) is 25.4. The fraction of sp³-hybridized carbons (Fsp3) is 0.611. The number of aryl methyl sites for hydroxylation is 1. The topological polar surface area (TPSA) is 32.8 Å². The fourth-order valence-electron chi connectivity index (χ4n) is 3.83. The lowest BCUT2D eigenvalue weighted by atomic mass is 9.90. The molecule has 138 valence electrons. The van der Waals surface area contributed by atoms with E-state index >= 15 is 0 Å². The maximum atomic E-state index is 13.1. The van der Waals surface area contributed by atoms with Crippen molar-refractivity contribution >= 4 is 5.91 Å². The van der Waals surface area contributed by atoms with Crippen LogP contribution in [0.2, 0.25) is 0 Å². The number of hydrogen-bond acceptors (Lipinski definition) is 3. The van der Waals surface area contributed by atoms with Crippen LogP contribution in [0.5, 0.6) is 0 Å². The third-order valence-corrected chi connectivity index (χ3v) is 5.06. The summed E-state index contributed by atoms with van der Waals surface area (Å²) in [5.41, 5.74) is -0.951. The molecule has 4 nitrogen and oxygen atoms in total. The van der Waals surface area contributed by atoms with Crippen molar-refractivity contribution in [3.8, 4) is 0 Å². The van der Waals surface area contributed by atoms with Gasteiger partial charge in [0, 0.05) is 18.7 Å². The van der Waals surface area contributed by atoms with E-state index in [0.29, 0.717) is 19.7 Å². The highest BCUT2D eigenvalue weighted by molar-refractivity contribution is 5.94. The zero-order valence-corrected chi connectivity index (χ0v) is 14.5. The Kier molecular flexibility index (Phi) is 4.81. The quantitative estimate of drug-likeness (QED) is 0.776. The third kappa shape index (κ3) is 3.82. The van der Waals surface area contributed by atoms with Gasteiger partial charge in [-0.15, -0.1) is 0 Å². The van der Waals surface area contributed by atoms with Crippen LogP contribution in [0, 0.1) is 6.92 Å². The number of likely N-dealkylation sites (N-methyl/N-ethyl adjacent to an activating group) is 1. The largest absolute Gasteiger partial charge is 0.416 e. The molecule has 2 aliphatic heterocycles. The van der Waals surface area contributed by atoms with Crippen molar-refractivity contribution in [1.29, 1.82) is 0 Å². The number of benzene rings is 1. The van der Waals surface area contributed by atoms with Crippen LogP contribution in [0.15, 0.2) is 18.2 Å². The molecule has 1 aromatic rings. The van der Waals surface area contributed by atoms with E-state index in [-0.39, 0.29) is 17.0 Å². The minimum Gasteiger partial charge on any atom is -0.370 e. The minimum absolute atomic E-state index is 0.0825. The molecule has 2 heterocycles. The molecule has 0 aromatic heterocycles. The summed E-state index contributed by atoms with van der Waals surface area (Å²) in [4.78, 5) is 16.6. The zero-order chi connectivity index (χ0) is 18.2. The van der Waals surface area contributed by atoms with Crippen molar-refractivity contribution < 1.29 is 22.7 Å². The molecule has 0 radical (unpaired) electrons. The number of amides is 1. The van der Waals surface area contributed by atoms with E-state index in [9.17, 15) is 18.0 Å². The molecule has 2 fully saturated rings. The van der Waals surface area contributed by atoms with Crippen LogP contribution in [0.1, 0.15) is 34.3 Å². The summed E-state index contributed by atoms with van der Waals surface area (Å²) in [5.74, 6) is -0.360. The van der Waals surface area contributed by atoms with E-state index in [1.165, 1.54) is 19.1 Å². The Labute approximate surface area is 145 Å². The summed E-state index contributed by atoms with van der Waals surface area (Å²) in [6, 6.07) is 3.80. The number of ether oxygens (including phenoxy) is 1. The van der Waals surface area contributed by atoms with Crippen molar-refractivity contribution in [2.24, 2.45) is 0 Å². The monoisotopic (exact) mass is 356 g/mol. The molecule has 2 saturated heterocycles. The molecular formula is C18H23F3N2O2.